The predicted molar refractivity (Wildman–Crippen MR) is 36.2 cm³/mol. The van der Waals surface area contributed by atoms with Crippen LogP contribution in [-0.4, -0.2) is 38.0 Å². The molecule has 0 amide bonds. The third-order valence-corrected chi connectivity index (χ3v) is 1.45. The molecular formula is C7H10O4. The van der Waals surface area contributed by atoms with Crippen molar-refractivity contribution in [1.29, 1.82) is 0 Å². The van der Waals surface area contributed by atoms with Gasteiger partial charge in [0.15, 0.2) is 6.29 Å². The first-order valence-electron chi connectivity index (χ1n) is 3.53. The lowest BCUT2D eigenvalue weighted by molar-refractivity contribution is -0.139. The number of rotatable bonds is 2. The number of aldehydes is 1. The highest BCUT2D eigenvalue weighted by atomic mass is 16.5. The number of carbonyl (C=O) groups is 2. The Kier molecular flexibility index (Phi) is 3.19. The third kappa shape index (κ3) is 2.40. The van der Waals surface area contributed by atoms with E-state index in [0.29, 0.717) is 13.2 Å². The monoisotopic (exact) mass is 158 g/mol. The smallest absolute Gasteiger partial charge is 0.226 e. The second-order valence-electron chi connectivity index (χ2n) is 2.31. The summed E-state index contributed by atoms with van der Waals surface area (Å²) in [6.07, 6.45) is 0.386. The summed E-state index contributed by atoms with van der Waals surface area (Å²) in [7, 11) is 0. The topological polar surface area (TPSA) is 52.6 Å². The first kappa shape index (κ1) is 8.36. The summed E-state index contributed by atoms with van der Waals surface area (Å²) in [5.74, 6) is -0.535. The van der Waals surface area contributed by atoms with Crippen LogP contribution in [0.4, 0.5) is 0 Å². The fraction of sp³-hybridized carbons (Fsp3) is 0.714. The summed E-state index contributed by atoms with van der Waals surface area (Å²) < 4.78 is 10.1. The van der Waals surface area contributed by atoms with Crippen LogP contribution in [0.2, 0.25) is 0 Å². The molecule has 1 heterocycles. The predicted octanol–water partition coefficient (Wildman–Crippen LogP) is -0.440. The number of hydrogen-bond donors (Lipinski definition) is 0. The zero-order chi connectivity index (χ0) is 8.10. The van der Waals surface area contributed by atoms with Gasteiger partial charge in [-0.1, -0.05) is 0 Å². The fourth-order valence-corrected chi connectivity index (χ4v) is 0.865. The molecule has 0 saturated carbocycles. The Morgan fingerprint density at radius 2 is 2.27 bits per heavy atom. The fourth-order valence-electron chi connectivity index (χ4n) is 0.865. The van der Waals surface area contributed by atoms with Gasteiger partial charge in [-0.25, -0.2) is 0 Å². The molecule has 0 aromatic carbocycles. The Labute approximate surface area is 64.5 Å². The van der Waals surface area contributed by atoms with Crippen molar-refractivity contribution in [2.75, 3.05) is 19.8 Å². The molecule has 0 bridgehead atoms. The first-order valence-corrected chi connectivity index (χ1v) is 3.53. The first-order chi connectivity index (χ1) is 5.34. The highest BCUT2D eigenvalue weighted by Crippen LogP contribution is 2.01. The lowest BCUT2D eigenvalue weighted by Crippen LogP contribution is -2.28. The Balaban J connectivity index is 2.42. The molecule has 11 heavy (non-hydrogen) atoms. The molecule has 62 valence electrons. The van der Waals surface area contributed by atoms with Gasteiger partial charge in [0.2, 0.25) is 5.78 Å². The normalized spacial score (nSPS) is 25.6. The Morgan fingerprint density at radius 1 is 1.45 bits per heavy atom. The lowest BCUT2D eigenvalue weighted by atomic mass is 10.3. The maximum absolute atomic E-state index is 10.7. The van der Waals surface area contributed by atoms with Crippen molar-refractivity contribution in [2.24, 2.45) is 0 Å². The van der Waals surface area contributed by atoms with E-state index >= 15 is 0 Å². The molecule has 1 fully saturated rings. The zero-order valence-corrected chi connectivity index (χ0v) is 6.12. The third-order valence-electron chi connectivity index (χ3n) is 1.45. The second kappa shape index (κ2) is 4.20. The van der Waals surface area contributed by atoms with Crippen LogP contribution in [0, 0.1) is 0 Å². The van der Waals surface area contributed by atoms with Crippen LogP contribution < -0.4 is 0 Å². The van der Waals surface area contributed by atoms with Gasteiger partial charge in [0.1, 0.15) is 6.10 Å². The Bertz CT molecular complexity index is 147. The molecular weight excluding hydrogens is 148 g/mol. The van der Waals surface area contributed by atoms with E-state index < -0.39 is 11.9 Å². The van der Waals surface area contributed by atoms with Crippen molar-refractivity contribution < 1.29 is 19.1 Å². The summed E-state index contributed by atoms with van der Waals surface area (Å²) >= 11 is 0. The van der Waals surface area contributed by atoms with Gasteiger partial charge in [-0.05, 0) is 6.42 Å². The van der Waals surface area contributed by atoms with E-state index in [4.69, 9.17) is 9.47 Å². The van der Waals surface area contributed by atoms with Gasteiger partial charge < -0.3 is 9.47 Å². The van der Waals surface area contributed by atoms with Gasteiger partial charge in [0, 0.05) is 13.2 Å². The van der Waals surface area contributed by atoms with Gasteiger partial charge in [0.05, 0.1) is 6.61 Å². The molecule has 0 radical (unpaired) electrons. The molecule has 1 atom stereocenters. The van der Waals surface area contributed by atoms with Crippen molar-refractivity contribution in [3.8, 4) is 0 Å². The van der Waals surface area contributed by atoms with Crippen LogP contribution in [-0.2, 0) is 19.1 Å². The van der Waals surface area contributed by atoms with Gasteiger partial charge in [-0.15, -0.1) is 0 Å². The van der Waals surface area contributed by atoms with Crippen molar-refractivity contribution in [1.82, 2.24) is 0 Å². The van der Waals surface area contributed by atoms with Gasteiger partial charge in [0.25, 0.3) is 0 Å². The van der Waals surface area contributed by atoms with Crippen molar-refractivity contribution in [3.05, 3.63) is 0 Å². The molecule has 1 rings (SSSR count). The maximum atomic E-state index is 10.7. The van der Waals surface area contributed by atoms with Crippen LogP contribution >= 0.6 is 0 Å². The quantitative estimate of drug-likeness (QED) is 0.404. The van der Waals surface area contributed by atoms with Crippen LogP contribution in [0.1, 0.15) is 6.42 Å². The van der Waals surface area contributed by atoms with E-state index in [1.807, 2.05) is 0 Å². The molecule has 0 N–H and O–H groups in total. The maximum Gasteiger partial charge on any atom is 0.226 e. The zero-order valence-electron chi connectivity index (χ0n) is 6.12. The molecule has 4 nitrogen and oxygen atoms in total. The summed E-state index contributed by atoms with van der Waals surface area (Å²) in [5, 5.41) is 0. The number of ether oxygens (including phenoxy) is 2. The summed E-state index contributed by atoms with van der Waals surface area (Å²) in [6.45, 7) is 1.30. The number of carbonyl (C=O) groups excluding carboxylic acids is 2. The van der Waals surface area contributed by atoms with E-state index in [2.05, 4.69) is 0 Å². The van der Waals surface area contributed by atoms with Crippen LogP contribution in [0.3, 0.4) is 0 Å². The van der Waals surface area contributed by atoms with Gasteiger partial charge >= 0.3 is 0 Å². The minimum Gasteiger partial charge on any atom is -0.378 e. The highest BCUT2D eigenvalue weighted by Gasteiger charge is 2.20. The molecule has 0 aromatic heterocycles. The second-order valence-corrected chi connectivity index (χ2v) is 2.31. The van der Waals surface area contributed by atoms with E-state index in [9.17, 15) is 9.59 Å². The Hall–Kier alpha value is -0.740. The van der Waals surface area contributed by atoms with Crippen molar-refractivity contribution >= 4 is 12.1 Å². The lowest BCUT2D eigenvalue weighted by Gasteiger charge is -2.08. The SMILES string of the molecule is O=CC(=O)C1COCCCO1. The number of Topliss-reactive ketones (excluding diaryl/α,β-unsaturated/α-hetero) is 1. The van der Waals surface area contributed by atoms with E-state index in [1.165, 1.54) is 0 Å². The van der Waals surface area contributed by atoms with Crippen LogP contribution in [0.15, 0.2) is 0 Å². The van der Waals surface area contributed by atoms with Gasteiger partial charge in [-0.2, -0.15) is 0 Å². The van der Waals surface area contributed by atoms with Crippen molar-refractivity contribution in [2.45, 2.75) is 12.5 Å². The number of ketones is 1. The Morgan fingerprint density at radius 3 is 3.00 bits per heavy atom. The average Bonchev–Trinajstić information content (AvgIpc) is 2.30. The molecule has 0 aromatic rings. The molecule has 0 spiro atoms. The van der Waals surface area contributed by atoms with Crippen LogP contribution in [0.25, 0.3) is 0 Å². The minimum atomic E-state index is -0.671. The van der Waals surface area contributed by atoms with Gasteiger partial charge in [-0.3, -0.25) is 9.59 Å². The molecule has 0 aliphatic carbocycles. The standard InChI is InChI=1S/C7H10O4/c8-4-6(9)7-5-10-2-1-3-11-7/h4,7H,1-3,5H2. The minimum absolute atomic E-state index is 0.206. The average molecular weight is 158 g/mol. The molecule has 1 aliphatic heterocycles. The molecule has 1 unspecified atom stereocenters. The molecule has 1 aliphatic rings. The van der Waals surface area contributed by atoms with E-state index in [0.717, 1.165) is 6.42 Å². The molecule has 4 heteroatoms. The summed E-state index contributed by atoms with van der Waals surface area (Å²) in [4.78, 5) is 20.8. The van der Waals surface area contributed by atoms with Crippen LogP contribution in [0.5, 0.6) is 0 Å². The largest absolute Gasteiger partial charge is 0.378 e. The summed E-state index contributed by atoms with van der Waals surface area (Å²) in [5.41, 5.74) is 0. The number of hydrogen-bond acceptors (Lipinski definition) is 4. The summed E-state index contributed by atoms with van der Waals surface area (Å²) in [6, 6.07) is 0. The van der Waals surface area contributed by atoms with E-state index in [1.54, 1.807) is 0 Å². The van der Waals surface area contributed by atoms with Crippen molar-refractivity contribution in [3.63, 3.8) is 0 Å². The van der Waals surface area contributed by atoms with E-state index in [-0.39, 0.29) is 12.9 Å². The molecule has 1 saturated heterocycles. The highest BCUT2D eigenvalue weighted by molar-refractivity contribution is 6.27.